The molecule has 2 aliphatic heterocycles. The predicted octanol–water partition coefficient (Wildman–Crippen LogP) is 2.52. The van der Waals surface area contributed by atoms with Crippen LogP contribution >= 0.6 is 0 Å². The van der Waals surface area contributed by atoms with E-state index >= 15 is 0 Å². The average Bonchev–Trinajstić information content (AvgIpc) is 3.05. The molecule has 0 aliphatic carbocycles. The quantitative estimate of drug-likeness (QED) is 0.891. The van der Waals surface area contributed by atoms with Crippen molar-refractivity contribution >= 4 is 26.6 Å². The molecular formula is C18H25N5O2S. The first-order valence-electron chi connectivity index (χ1n) is 8.93. The van der Waals surface area contributed by atoms with Gasteiger partial charge < -0.3 is 9.64 Å². The van der Waals surface area contributed by atoms with Gasteiger partial charge in [0.2, 0.25) is 0 Å². The van der Waals surface area contributed by atoms with Crippen LogP contribution in [0.2, 0.25) is 0 Å². The van der Waals surface area contributed by atoms with Crippen LogP contribution in [0.3, 0.4) is 0 Å². The number of piperidine rings is 1. The molecule has 1 unspecified atom stereocenters. The maximum Gasteiger partial charge on any atom is 0.145 e. The minimum Gasteiger partial charge on any atom is -0.494 e. The first-order valence-corrected chi connectivity index (χ1v) is 10.9. The summed E-state index contributed by atoms with van der Waals surface area (Å²) in [6.45, 7) is 3.38. The van der Waals surface area contributed by atoms with Crippen molar-refractivity contribution in [2.24, 2.45) is 5.41 Å². The van der Waals surface area contributed by atoms with E-state index in [4.69, 9.17) is 9.52 Å². The summed E-state index contributed by atoms with van der Waals surface area (Å²) in [4.78, 5) is 11.3. The second-order valence-electron chi connectivity index (χ2n) is 7.46. The third kappa shape index (κ3) is 3.01. The minimum absolute atomic E-state index is 0.191. The molecule has 2 saturated heterocycles. The molecule has 3 heterocycles. The second-order valence-corrected chi connectivity index (χ2v) is 9.58. The number of benzene rings is 1. The van der Waals surface area contributed by atoms with Gasteiger partial charge >= 0.3 is 0 Å². The number of para-hydroxylation sites is 1. The number of fused-ring (bicyclic) bond motifs is 1. The highest BCUT2D eigenvalue weighted by Gasteiger charge is 2.42. The number of hydrogen-bond acceptors (Lipinski definition) is 6. The number of nitrogens with zero attached hydrogens (tertiary/aromatic N) is 4. The van der Waals surface area contributed by atoms with Crippen LogP contribution < -0.4 is 9.64 Å². The zero-order valence-corrected chi connectivity index (χ0v) is 16.1. The lowest BCUT2D eigenvalue weighted by molar-refractivity contribution is 0.235. The summed E-state index contributed by atoms with van der Waals surface area (Å²) in [5.74, 6) is 1.72. The van der Waals surface area contributed by atoms with Crippen LogP contribution in [-0.2, 0) is 9.92 Å². The third-order valence-corrected chi connectivity index (χ3v) is 7.14. The molecule has 26 heavy (non-hydrogen) atoms. The number of rotatable bonds is 3. The van der Waals surface area contributed by atoms with E-state index < -0.39 is 9.92 Å². The van der Waals surface area contributed by atoms with Crippen LogP contribution in [0.25, 0.3) is 10.9 Å². The lowest BCUT2D eigenvalue weighted by Crippen LogP contribution is -2.42. The van der Waals surface area contributed by atoms with Crippen molar-refractivity contribution in [1.29, 1.82) is 4.78 Å². The van der Waals surface area contributed by atoms with Crippen molar-refractivity contribution in [2.75, 3.05) is 44.4 Å². The van der Waals surface area contributed by atoms with Crippen molar-refractivity contribution in [3.8, 4) is 5.75 Å². The van der Waals surface area contributed by atoms with Crippen molar-refractivity contribution in [2.45, 2.75) is 19.3 Å². The van der Waals surface area contributed by atoms with Gasteiger partial charge in [-0.2, -0.15) is 0 Å². The molecule has 1 atom stereocenters. The van der Waals surface area contributed by atoms with Gasteiger partial charge in [-0.25, -0.2) is 23.3 Å². The first-order chi connectivity index (χ1) is 12.4. The normalized spacial score (nSPS) is 22.6. The van der Waals surface area contributed by atoms with Gasteiger partial charge in [-0.1, -0.05) is 6.07 Å². The van der Waals surface area contributed by atoms with Gasteiger partial charge in [-0.15, -0.1) is 0 Å². The van der Waals surface area contributed by atoms with E-state index in [1.165, 1.54) is 6.26 Å². The van der Waals surface area contributed by atoms with Crippen LogP contribution in [0.1, 0.15) is 19.3 Å². The molecule has 2 fully saturated rings. The molecule has 1 N–H and O–H groups in total. The van der Waals surface area contributed by atoms with E-state index in [1.807, 2.05) is 22.5 Å². The van der Waals surface area contributed by atoms with Gasteiger partial charge in [0.1, 0.15) is 33.3 Å². The molecule has 0 bridgehead atoms. The van der Waals surface area contributed by atoms with Gasteiger partial charge in [0.15, 0.2) is 0 Å². The Labute approximate surface area is 154 Å². The van der Waals surface area contributed by atoms with E-state index in [1.54, 1.807) is 13.4 Å². The SMILES string of the molecule is COc1cccc2c(N3CCC4(CC3)CCN(S(C)(=N)=O)C4)ncnc12. The Hall–Kier alpha value is -1.93. The number of methoxy groups -OCH3 is 1. The van der Waals surface area contributed by atoms with Gasteiger partial charge in [0, 0.05) is 37.8 Å². The standard InChI is InChI=1S/C18H25N5O2S/c1-25-15-5-3-4-14-16(15)20-13-21-17(14)22-9-6-18(7-10-22)8-11-23(12-18)26(2,19)24/h3-5,13,19H,6-12H2,1-2H3. The topological polar surface area (TPSA) is 82.4 Å². The van der Waals surface area contributed by atoms with Gasteiger partial charge in [-0.05, 0) is 36.8 Å². The molecule has 140 valence electrons. The molecule has 0 radical (unpaired) electrons. The number of ether oxygens (including phenoxy) is 1. The zero-order chi connectivity index (χ0) is 18.4. The lowest BCUT2D eigenvalue weighted by Gasteiger charge is -2.40. The Kier molecular flexibility index (Phi) is 4.27. The third-order valence-electron chi connectivity index (χ3n) is 5.85. The summed E-state index contributed by atoms with van der Waals surface area (Å²) in [7, 11) is -0.937. The second kappa shape index (κ2) is 6.35. The Morgan fingerprint density at radius 2 is 1.92 bits per heavy atom. The van der Waals surface area contributed by atoms with E-state index in [0.29, 0.717) is 0 Å². The summed E-state index contributed by atoms with van der Waals surface area (Å²) in [6, 6.07) is 5.93. The first kappa shape index (κ1) is 17.5. The fourth-order valence-electron chi connectivity index (χ4n) is 4.26. The Balaban J connectivity index is 1.55. The molecule has 7 nitrogen and oxygen atoms in total. The Morgan fingerprint density at radius 1 is 1.19 bits per heavy atom. The summed E-state index contributed by atoms with van der Waals surface area (Å²) in [5, 5.41) is 1.01. The molecule has 8 heteroatoms. The maximum atomic E-state index is 12.1. The van der Waals surface area contributed by atoms with Crippen LogP contribution in [0.5, 0.6) is 5.75 Å². The Morgan fingerprint density at radius 3 is 2.58 bits per heavy atom. The highest BCUT2D eigenvalue weighted by Crippen LogP contribution is 2.42. The fourth-order valence-corrected chi connectivity index (χ4v) is 5.22. The molecule has 1 spiro atoms. The molecule has 1 aromatic carbocycles. The molecule has 0 saturated carbocycles. The number of anilines is 1. The summed E-state index contributed by atoms with van der Waals surface area (Å²) in [5.41, 5.74) is 1.03. The van der Waals surface area contributed by atoms with Crippen molar-refractivity contribution in [3.05, 3.63) is 24.5 Å². The van der Waals surface area contributed by atoms with Gasteiger partial charge in [-0.3, -0.25) is 0 Å². The monoisotopic (exact) mass is 375 g/mol. The molecule has 1 aromatic heterocycles. The smallest absolute Gasteiger partial charge is 0.145 e. The van der Waals surface area contributed by atoms with Crippen molar-refractivity contribution in [1.82, 2.24) is 14.3 Å². The summed E-state index contributed by atoms with van der Waals surface area (Å²) >= 11 is 0. The van der Waals surface area contributed by atoms with Crippen LogP contribution in [0.4, 0.5) is 5.82 Å². The maximum absolute atomic E-state index is 12.1. The van der Waals surface area contributed by atoms with Crippen LogP contribution in [0, 0.1) is 10.2 Å². The summed E-state index contributed by atoms with van der Waals surface area (Å²) in [6.07, 6.45) is 6.24. The number of aromatic nitrogens is 2. The molecule has 2 aliphatic rings. The molecule has 4 rings (SSSR count). The minimum atomic E-state index is -2.59. The lowest BCUT2D eigenvalue weighted by atomic mass is 9.78. The van der Waals surface area contributed by atoms with E-state index in [0.717, 1.165) is 67.9 Å². The van der Waals surface area contributed by atoms with E-state index in [-0.39, 0.29) is 5.41 Å². The fraction of sp³-hybridized carbons (Fsp3) is 0.556. The van der Waals surface area contributed by atoms with E-state index in [9.17, 15) is 4.21 Å². The zero-order valence-electron chi connectivity index (χ0n) is 15.3. The molecule has 0 amide bonds. The average molecular weight is 375 g/mol. The van der Waals surface area contributed by atoms with Crippen LogP contribution in [-0.4, -0.2) is 58.0 Å². The van der Waals surface area contributed by atoms with Gasteiger partial charge in [0.05, 0.1) is 7.11 Å². The van der Waals surface area contributed by atoms with E-state index in [2.05, 4.69) is 14.9 Å². The van der Waals surface area contributed by atoms with Crippen molar-refractivity contribution < 1.29 is 8.95 Å². The van der Waals surface area contributed by atoms with Crippen LogP contribution in [0.15, 0.2) is 24.5 Å². The largest absolute Gasteiger partial charge is 0.494 e. The molecular weight excluding hydrogens is 350 g/mol. The Bertz CT molecular complexity index is 922. The number of hydrogen-bond donors (Lipinski definition) is 1. The summed E-state index contributed by atoms with van der Waals surface area (Å²) < 4.78 is 27.2. The highest BCUT2D eigenvalue weighted by molar-refractivity contribution is 7.89. The number of nitrogens with one attached hydrogen (secondary N) is 1. The molecule has 2 aromatic rings. The highest BCUT2D eigenvalue weighted by atomic mass is 32.2. The van der Waals surface area contributed by atoms with Gasteiger partial charge in [0.25, 0.3) is 0 Å². The van der Waals surface area contributed by atoms with Crippen molar-refractivity contribution in [3.63, 3.8) is 0 Å². The predicted molar refractivity (Wildman–Crippen MR) is 103 cm³/mol.